The predicted molar refractivity (Wildman–Crippen MR) is 127 cm³/mol. The maximum atomic E-state index is 13.2. The summed E-state index contributed by atoms with van der Waals surface area (Å²) in [6, 6.07) is 6.55. The normalized spacial score (nSPS) is 19.4. The first-order chi connectivity index (χ1) is 15.8. The highest BCUT2D eigenvalue weighted by atomic mass is 16.6. The van der Waals surface area contributed by atoms with E-state index in [4.69, 9.17) is 9.57 Å². The van der Waals surface area contributed by atoms with Crippen LogP contribution in [0.4, 0.5) is 5.69 Å². The van der Waals surface area contributed by atoms with Gasteiger partial charge in [-0.25, -0.2) is 4.79 Å². The van der Waals surface area contributed by atoms with Crippen LogP contribution in [-0.2, 0) is 14.4 Å². The molecule has 1 fully saturated rings. The molecule has 178 valence electrons. The number of dihydropyridines is 1. The van der Waals surface area contributed by atoms with Crippen molar-refractivity contribution < 1.29 is 19.3 Å². The van der Waals surface area contributed by atoms with E-state index in [0.29, 0.717) is 23.3 Å². The van der Waals surface area contributed by atoms with Gasteiger partial charge in [-0.1, -0.05) is 37.2 Å². The van der Waals surface area contributed by atoms with Gasteiger partial charge < -0.3 is 14.9 Å². The number of oxime groups is 1. The molecule has 1 aliphatic heterocycles. The summed E-state index contributed by atoms with van der Waals surface area (Å²) in [5, 5.41) is 19.3. The number of hydrogen-bond acceptors (Lipinski definition) is 7. The van der Waals surface area contributed by atoms with Crippen LogP contribution in [0.15, 0.2) is 52.0 Å². The van der Waals surface area contributed by atoms with Crippen LogP contribution in [0.2, 0.25) is 0 Å². The Morgan fingerprint density at radius 3 is 2.61 bits per heavy atom. The largest absolute Gasteiger partial charge is 0.462 e. The zero-order valence-corrected chi connectivity index (χ0v) is 19.8. The Kier molecular flexibility index (Phi) is 8.25. The van der Waals surface area contributed by atoms with Gasteiger partial charge in [0.25, 0.3) is 5.69 Å². The van der Waals surface area contributed by atoms with Crippen molar-refractivity contribution >= 4 is 17.9 Å². The van der Waals surface area contributed by atoms with E-state index in [1.807, 2.05) is 20.8 Å². The molecule has 1 unspecified atom stereocenters. The summed E-state index contributed by atoms with van der Waals surface area (Å²) in [6.07, 6.45) is 6.53. The fraction of sp³-hybridized carbons (Fsp3) is 0.520. The SMILES string of the molecule is CC1=C(CC=NOC2CCCC2)C(c2ccccc2[N+](=O)[O-])C(C(=O)OCC(C)C)=C(C)N1. The number of carbonyl (C=O) groups is 1. The van der Waals surface area contributed by atoms with Crippen molar-refractivity contribution in [3.63, 3.8) is 0 Å². The first kappa shape index (κ1) is 24.5. The minimum atomic E-state index is -0.620. The lowest BCUT2D eigenvalue weighted by atomic mass is 9.78. The smallest absolute Gasteiger partial charge is 0.336 e. The van der Waals surface area contributed by atoms with Crippen LogP contribution in [0.3, 0.4) is 0 Å². The maximum absolute atomic E-state index is 13.2. The Hall–Kier alpha value is -3.16. The summed E-state index contributed by atoms with van der Waals surface area (Å²) >= 11 is 0. The fourth-order valence-electron chi connectivity index (χ4n) is 4.40. The van der Waals surface area contributed by atoms with Crippen LogP contribution in [0, 0.1) is 16.0 Å². The highest BCUT2D eigenvalue weighted by molar-refractivity contribution is 5.93. The second-order valence-corrected chi connectivity index (χ2v) is 9.06. The van der Waals surface area contributed by atoms with E-state index < -0.39 is 16.8 Å². The average molecular weight is 456 g/mol. The molecule has 1 saturated carbocycles. The lowest BCUT2D eigenvalue weighted by Gasteiger charge is -2.31. The molecule has 0 amide bonds. The molecule has 0 radical (unpaired) electrons. The molecule has 3 rings (SSSR count). The maximum Gasteiger partial charge on any atom is 0.336 e. The van der Waals surface area contributed by atoms with Crippen molar-refractivity contribution in [3.8, 4) is 0 Å². The lowest BCUT2D eigenvalue weighted by Crippen LogP contribution is -2.30. The molecule has 1 heterocycles. The molecule has 1 aromatic carbocycles. The highest BCUT2D eigenvalue weighted by Crippen LogP contribution is 2.43. The third kappa shape index (κ3) is 6.00. The molecule has 8 nitrogen and oxygen atoms in total. The number of hydrogen-bond donors (Lipinski definition) is 1. The van der Waals surface area contributed by atoms with Crippen molar-refractivity contribution in [2.45, 2.75) is 71.8 Å². The summed E-state index contributed by atoms with van der Waals surface area (Å²) in [6.45, 7) is 7.90. The number of esters is 1. The molecule has 1 atom stereocenters. The van der Waals surface area contributed by atoms with Crippen molar-refractivity contribution in [1.29, 1.82) is 0 Å². The van der Waals surface area contributed by atoms with E-state index in [1.165, 1.54) is 6.07 Å². The number of benzene rings is 1. The van der Waals surface area contributed by atoms with Gasteiger partial charge in [0.05, 0.1) is 17.1 Å². The first-order valence-electron chi connectivity index (χ1n) is 11.5. The number of nitrogens with zero attached hydrogens (tertiary/aromatic N) is 2. The zero-order chi connectivity index (χ0) is 24.0. The van der Waals surface area contributed by atoms with E-state index in [2.05, 4.69) is 10.5 Å². The Labute approximate surface area is 194 Å². The number of para-hydroxylation sites is 1. The molecule has 0 saturated heterocycles. The standard InChI is InChI=1S/C25H33N3O5/c1-16(2)15-32-25(29)23-18(4)27-17(3)20(13-14-26-33-19-9-5-6-10-19)24(23)21-11-7-8-12-22(21)28(30)31/h7-8,11-12,14,16,19,24,27H,5-6,9-10,13,15H2,1-4H3. The van der Waals surface area contributed by atoms with E-state index in [-0.39, 0.29) is 24.3 Å². The van der Waals surface area contributed by atoms with Crippen LogP contribution >= 0.6 is 0 Å². The van der Waals surface area contributed by atoms with Gasteiger partial charge in [-0.2, -0.15) is 0 Å². The number of nitro groups is 1. The molecule has 2 aliphatic rings. The van der Waals surface area contributed by atoms with E-state index in [0.717, 1.165) is 37.0 Å². The minimum Gasteiger partial charge on any atom is -0.462 e. The van der Waals surface area contributed by atoms with Crippen LogP contribution < -0.4 is 5.32 Å². The second-order valence-electron chi connectivity index (χ2n) is 9.06. The van der Waals surface area contributed by atoms with Gasteiger partial charge in [0, 0.05) is 41.6 Å². The average Bonchev–Trinajstić information content (AvgIpc) is 3.29. The molecule has 8 heteroatoms. The molecule has 0 bridgehead atoms. The molecule has 0 aromatic heterocycles. The number of nitrogens with one attached hydrogen (secondary N) is 1. The Morgan fingerprint density at radius 1 is 1.24 bits per heavy atom. The number of carbonyl (C=O) groups excluding carboxylic acids is 1. The van der Waals surface area contributed by atoms with Gasteiger partial charge in [0.2, 0.25) is 0 Å². The van der Waals surface area contributed by atoms with Gasteiger partial charge >= 0.3 is 5.97 Å². The van der Waals surface area contributed by atoms with Crippen molar-refractivity contribution in [3.05, 3.63) is 62.5 Å². The molecule has 1 aliphatic carbocycles. The van der Waals surface area contributed by atoms with E-state index in [9.17, 15) is 14.9 Å². The highest BCUT2D eigenvalue weighted by Gasteiger charge is 2.37. The Morgan fingerprint density at radius 2 is 1.94 bits per heavy atom. The van der Waals surface area contributed by atoms with Gasteiger partial charge in [-0.15, -0.1) is 0 Å². The molecular weight excluding hydrogens is 422 g/mol. The predicted octanol–water partition coefficient (Wildman–Crippen LogP) is 5.36. The third-order valence-corrected chi connectivity index (χ3v) is 6.01. The number of rotatable bonds is 9. The molecule has 1 N–H and O–H groups in total. The summed E-state index contributed by atoms with van der Waals surface area (Å²) in [7, 11) is 0. The number of nitro benzene ring substituents is 1. The van der Waals surface area contributed by atoms with Crippen molar-refractivity contribution in [1.82, 2.24) is 5.32 Å². The molecular formula is C25H33N3O5. The summed E-state index contributed by atoms with van der Waals surface area (Å²) in [5.74, 6) is -0.918. The Bertz CT molecular complexity index is 974. The van der Waals surface area contributed by atoms with Crippen LogP contribution in [0.1, 0.15) is 71.3 Å². The fourth-order valence-corrected chi connectivity index (χ4v) is 4.40. The first-order valence-corrected chi connectivity index (χ1v) is 11.5. The van der Waals surface area contributed by atoms with Gasteiger partial charge in [-0.05, 0) is 51.0 Å². The topological polar surface area (TPSA) is 103 Å². The lowest BCUT2D eigenvalue weighted by molar-refractivity contribution is -0.385. The molecule has 33 heavy (non-hydrogen) atoms. The second kappa shape index (κ2) is 11.1. The monoisotopic (exact) mass is 455 g/mol. The van der Waals surface area contributed by atoms with Gasteiger partial charge in [0.1, 0.15) is 6.10 Å². The van der Waals surface area contributed by atoms with Crippen molar-refractivity contribution in [2.24, 2.45) is 11.1 Å². The minimum absolute atomic E-state index is 0.0317. The number of allylic oxidation sites excluding steroid dienone is 3. The van der Waals surface area contributed by atoms with Crippen LogP contribution in [-0.4, -0.2) is 29.8 Å². The summed E-state index contributed by atoms with van der Waals surface area (Å²) in [4.78, 5) is 30.2. The summed E-state index contributed by atoms with van der Waals surface area (Å²) in [5.41, 5.74) is 3.10. The van der Waals surface area contributed by atoms with E-state index in [1.54, 1.807) is 31.3 Å². The summed E-state index contributed by atoms with van der Waals surface area (Å²) < 4.78 is 5.55. The van der Waals surface area contributed by atoms with Crippen LogP contribution in [0.25, 0.3) is 0 Å². The number of ether oxygens (including phenoxy) is 1. The molecule has 1 aromatic rings. The molecule has 0 spiro atoms. The van der Waals surface area contributed by atoms with Gasteiger partial charge in [0.15, 0.2) is 0 Å². The quantitative estimate of drug-likeness (QED) is 0.233. The third-order valence-electron chi connectivity index (χ3n) is 6.01. The van der Waals surface area contributed by atoms with E-state index >= 15 is 0 Å². The van der Waals surface area contributed by atoms with Crippen LogP contribution in [0.5, 0.6) is 0 Å². The van der Waals surface area contributed by atoms with Gasteiger partial charge in [-0.3, -0.25) is 10.1 Å². The zero-order valence-electron chi connectivity index (χ0n) is 19.8. The Balaban J connectivity index is 1.97. The van der Waals surface area contributed by atoms with Crippen molar-refractivity contribution in [2.75, 3.05) is 6.61 Å².